The maximum Gasteiger partial charge on any atom is 0.336 e. The highest BCUT2D eigenvalue weighted by Gasteiger charge is 2.21. The van der Waals surface area contributed by atoms with Crippen molar-refractivity contribution in [1.29, 1.82) is 0 Å². The third kappa shape index (κ3) is 4.21. The Morgan fingerprint density at radius 1 is 1.50 bits per heavy atom. The zero-order valence-corrected chi connectivity index (χ0v) is 14.5. The minimum atomic E-state index is -3.73. The molecule has 0 saturated carbocycles. The van der Waals surface area contributed by atoms with E-state index < -0.39 is 16.0 Å². The fourth-order valence-corrected chi connectivity index (χ4v) is 4.24. The number of nitrogens with one attached hydrogen (secondary N) is 1. The standard InChI is InChI=1S/C12H16BrNO4S2/c1-7(6-19-3)14-20(17,18)9-4-10(12(15)16)8(2)11(13)5-9/h4-5,7,14H,6H2,1-3H3,(H,15,16). The van der Waals surface area contributed by atoms with E-state index in [1.807, 2.05) is 6.26 Å². The number of hydrogen-bond acceptors (Lipinski definition) is 4. The summed E-state index contributed by atoms with van der Waals surface area (Å²) < 4.78 is 27.4. The van der Waals surface area contributed by atoms with E-state index >= 15 is 0 Å². The number of carboxylic acid groups (broad SMARTS) is 1. The molecule has 0 fully saturated rings. The van der Waals surface area contributed by atoms with E-state index in [4.69, 9.17) is 5.11 Å². The highest BCUT2D eigenvalue weighted by Crippen LogP contribution is 2.25. The second kappa shape index (κ2) is 6.93. The Morgan fingerprint density at radius 3 is 2.60 bits per heavy atom. The molecule has 1 atom stereocenters. The predicted octanol–water partition coefficient (Wildman–Crippen LogP) is 2.49. The molecule has 0 heterocycles. The first-order valence-electron chi connectivity index (χ1n) is 5.73. The van der Waals surface area contributed by atoms with Crippen molar-refractivity contribution < 1.29 is 18.3 Å². The largest absolute Gasteiger partial charge is 0.478 e. The average molecular weight is 382 g/mol. The third-order valence-electron chi connectivity index (χ3n) is 2.63. The van der Waals surface area contributed by atoms with E-state index in [1.165, 1.54) is 23.9 Å². The molecule has 0 spiro atoms. The van der Waals surface area contributed by atoms with Gasteiger partial charge in [-0.1, -0.05) is 15.9 Å². The van der Waals surface area contributed by atoms with Gasteiger partial charge in [-0.2, -0.15) is 11.8 Å². The fraction of sp³-hybridized carbons (Fsp3) is 0.417. The van der Waals surface area contributed by atoms with E-state index in [1.54, 1.807) is 13.8 Å². The molecular formula is C12H16BrNO4S2. The maximum absolute atomic E-state index is 12.2. The van der Waals surface area contributed by atoms with Gasteiger partial charge in [0.2, 0.25) is 10.0 Å². The molecule has 0 aliphatic carbocycles. The molecule has 2 N–H and O–H groups in total. The van der Waals surface area contributed by atoms with E-state index in [2.05, 4.69) is 20.7 Å². The molecule has 0 saturated heterocycles. The SMILES string of the molecule is CSCC(C)NS(=O)(=O)c1cc(Br)c(C)c(C(=O)O)c1. The third-order valence-corrected chi connectivity index (χ3v) is 5.86. The van der Waals surface area contributed by atoms with Crippen LogP contribution < -0.4 is 4.72 Å². The van der Waals surface area contributed by atoms with E-state index in [0.717, 1.165) is 0 Å². The van der Waals surface area contributed by atoms with Gasteiger partial charge in [0.15, 0.2) is 0 Å². The summed E-state index contributed by atoms with van der Waals surface area (Å²) in [6.07, 6.45) is 1.88. The summed E-state index contributed by atoms with van der Waals surface area (Å²) in [6.45, 7) is 3.38. The maximum atomic E-state index is 12.2. The summed E-state index contributed by atoms with van der Waals surface area (Å²) in [5.74, 6) is -0.518. The quantitative estimate of drug-likeness (QED) is 0.790. The van der Waals surface area contributed by atoms with Crippen LogP contribution in [-0.4, -0.2) is 37.5 Å². The van der Waals surface area contributed by atoms with Crippen molar-refractivity contribution in [3.05, 3.63) is 27.7 Å². The van der Waals surface area contributed by atoms with Crippen LogP contribution in [0.15, 0.2) is 21.5 Å². The molecule has 5 nitrogen and oxygen atoms in total. The van der Waals surface area contributed by atoms with E-state index in [-0.39, 0.29) is 16.5 Å². The summed E-state index contributed by atoms with van der Waals surface area (Å²) >= 11 is 4.72. The Morgan fingerprint density at radius 2 is 2.10 bits per heavy atom. The van der Waals surface area contributed by atoms with Crippen molar-refractivity contribution in [1.82, 2.24) is 4.72 Å². The van der Waals surface area contributed by atoms with Gasteiger partial charge in [-0.3, -0.25) is 0 Å². The molecule has 20 heavy (non-hydrogen) atoms. The number of sulfonamides is 1. The van der Waals surface area contributed by atoms with Crippen molar-refractivity contribution in [3.8, 4) is 0 Å². The number of thioether (sulfide) groups is 1. The molecule has 1 aromatic rings. The summed E-state index contributed by atoms with van der Waals surface area (Å²) in [4.78, 5) is 11.1. The van der Waals surface area contributed by atoms with E-state index in [9.17, 15) is 13.2 Å². The molecule has 1 rings (SSSR count). The van der Waals surface area contributed by atoms with Gasteiger partial charge in [0.25, 0.3) is 0 Å². The van der Waals surface area contributed by atoms with Crippen LogP contribution in [0.1, 0.15) is 22.8 Å². The topological polar surface area (TPSA) is 83.5 Å². The van der Waals surface area contributed by atoms with Crippen LogP contribution in [0.5, 0.6) is 0 Å². The predicted molar refractivity (Wildman–Crippen MR) is 84.0 cm³/mol. The second-order valence-corrected chi connectivity index (χ2v) is 7.84. The summed E-state index contributed by atoms with van der Waals surface area (Å²) in [5, 5.41) is 9.11. The van der Waals surface area contributed by atoms with Crippen molar-refractivity contribution in [2.45, 2.75) is 24.8 Å². The van der Waals surface area contributed by atoms with Crippen molar-refractivity contribution >= 4 is 43.7 Å². The average Bonchev–Trinajstić information content (AvgIpc) is 2.31. The Kier molecular flexibility index (Phi) is 6.06. The Balaban J connectivity index is 3.22. The highest BCUT2D eigenvalue weighted by atomic mass is 79.9. The number of hydrogen-bond donors (Lipinski definition) is 2. The van der Waals surface area contributed by atoms with Gasteiger partial charge in [-0.15, -0.1) is 0 Å². The highest BCUT2D eigenvalue weighted by molar-refractivity contribution is 9.10. The smallest absolute Gasteiger partial charge is 0.336 e. The number of carbonyl (C=O) groups is 1. The van der Waals surface area contributed by atoms with Gasteiger partial charge in [-0.25, -0.2) is 17.9 Å². The van der Waals surface area contributed by atoms with Crippen LogP contribution in [-0.2, 0) is 10.0 Å². The van der Waals surface area contributed by atoms with Gasteiger partial charge in [0, 0.05) is 16.3 Å². The van der Waals surface area contributed by atoms with Gasteiger partial charge < -0.3 is 5.11 Å². The Labute approximate surface area is 131 Å². The lowest BCUT2D eigenvalue weighted by Gasteiger charge is -2.14. The minimum Gasteiger partial charge on any atom is -0.478 e. The molecule has 0 amide bonds. The fourth-order valence-electron chi connectivity index (χ4n) is 1.65. The zero-order valence-electron chi connectivity index (χ0n) is 11.3. The normalized spacial score (nSPS) is 13.2. The molecule has 1 unspecified atom stereocenters. The molecule has 0 aromatic heterocycles. The lowest BCUT2D eigenvalue weighted by Crippen LogP contribution is -2.34. The number of rotatable bonds is 6. The first-order valence-corrected chi connectivity index (χ1v) is 9.40. The van der Waals surface area contributed by atoms with Crippen LogP contribution >= 0.6 is 27.7 Å². The first kappa shape index (κ1) is 17.5. The number of halogens is 1. The second-order valence-electron chi connectivity index (χ2n) is 4.36. The van der Waals surface area contributed by atoms with Crippen molar-refractivity contribution in [2.75, 3.05) is 12.0 Å². The van der Waals surface area contributed by atoms with Crippen LogP contribution in [0.4, 0.5) is 0 Å². The molecule has 8 heteroatoms. The lowest BCUT2D eigenvalue weighted by molar-refractivity contribution is 0.0695. The van der Waals surface area contributed by atoms with Crippen LogP contribution in [0.25, 0.3) is 0 Å². The molecule has 112 valence electrons. The number of benzene rings is 1. The molecule has 1 aromatic carbocycles. The number of carboxylic acids is 1. The van der Waals surface area contributed by atoms with Gasteiger partial charge in [-0.05, 0) is 37.8 Å². The van der Waals surface area contributed by atoms with Crippen molar-refractivity contribution in [3.63, 3.8) is 0 Å². The first-order chi connectivity index (χ1) is 9.19. The Hall–Kier alpha value is -0.570. The van der Waals surface area contributed by atoms with Crippen LogP contribution in [0.2, 0.25) is 0 Å². The molecule has 0 bridgehead atoms. The Bertz CT molecular complexity index is 616. The molecule has 0 aliphatic heterocycles. The lowest BCUT2D eigenvalue weighted by atomic mass is 10.1. The van der Waals surface area contributed by atoms with Crippen LogP contribution in [0, 0.1) is 6.92 Å². The zero-order chi connectivity index (χ0) is 15.5. The number of aromatic carboxylic acids is 1. The molecule has 0 aliphatic rings. The van der Waals surface area contributed by atoms with Gasteiger partial charge in [0.1, 0.15) is 0 Å². The molecule has 0 radical (unpaired) electrons. The van der Waals surface area contributed by atoms with Crippen molar-refractivity contribution in [2.24, 2.45) is 0 Å². The van der Waals surface area contributed by atoms with E-state index in [0.29, 0.717) is 15.8 Å². The monoisotopic (exact) mass is 381 g/mol. The summed E-state index contributed by atoms with van der Waals surface area (Å²) in [7, 11) is -3.73. The van der Waals surface area contributed by atoms with Gasteiger partial charge in [0.05, 0.1) is 10.5 Å². The molecular weight excluding hydrogens is 366 g/mol. The minimum absolute atomic E-state index is 0.0303. The van der Waals surface area contributed by atoms with Crippen LogP contribution in [0.3, 0.4) is 0 Å². The summed E-state index contributed by atoms with van der Waals surface area (Å²) in [6, 6.07) is 2.36. The summed E-state index contributed by atoms with van der Waals surface area (Å²) in [5.41, 5.74) is 0.464. The van der Waals surface area contributed by atoms with Gasteiger partial charge >= 0.3 is 5.97 Å².